The number of thiazole rings is 1. The molecule has 0 saturated heterocycles. The number of benzene rings is 1. The van der Waals surface area contributed by atoms with Crippen molar-refractivity contribution in [2.45, 2.75) is 25.6 Å². The van der Waals surface area contributed by atoms with Gasteiger partial charge in [0.05, 0.1) is 23.9 Å². The summed E-state index contributed by atoms with van der Waals surface area (Å²) in [6, 6.07) is 8.69. The Morgan fingerprint density at radius 3 is 2.81 bits per heavy atom. The van der Waals surface area contributed by atoms with Crippen molar-refractivity contribution >= 4 is 21.4 Å². The maximum Gasteiger partial charge on any atom is 0.216 e. The van der Waals surface area contributed by atoms with Crippen LogP contribution in [-0.2, 0) is 28.7 Å². The molecule has 0 saturated carbocycles. The molecule has 21 heavy (non-hydrogen) atoms. The Balaban J connectivity index is 2.04. The highest BCUT2D eigenvalue weighted by molar-refractivity contribution is 7.88. The van der Waals surface area contributed by atoms with Gasteiger partial charge in [-0.2, -0.15) is 5.26 Å². The van der Waals surface area contributed by atoms with Crippen LogP contribution in [0.1, 0.15) is 27.9 Å². The van der Waals surface area contributed by atoms with Crippen molar-refractivity contribution in [2.24, 2.45) is 0 Å². The molecule has 1 heterocycles. The average Bonchev–Trinajstić information content (AvgIpc) is 2.93. The molecule has 110 valence electrons. The van der Waals surface area contributed by atoms with Gasteiger partial charge in [0.25, 0.3) is 0 Å². The SMILES string of the molecule is CCc1cnc(CNS(=O)(=O)Cc2ccccc2C#N)s1. The molecule has 0 fully saturated rings. The molecule has 2 aromatic rings. The number of rotatable bonds is 6. The van der Waals surface area contributed by atoms with Gasteiger partial charge in [-0.15, -0.1) is 11.3 Å². The van der Waals surface area contributed by atoms with Crippen molar-refractivity contribution in [3.05, 3.63) is 51.5 Å². The fourth-order valence-corrected chi connectivity index (χ4v) is 3.79. The molecule has 7 heteroatoms. The molecule has 0 unspecified atom stereocenters. The second-order valence-electron chi connectivity index (χ2n) is 4.42. The van der Waals surface area contributed by atoms with Gasteiger partial charge >= 0.3 is 0 Å². The van der Waals surface area contributed by atoms with Gasteiger partial charge in [-0.1, -0.05) is 25.1 Å². The molecule has 5 nitrogen and oxygen atoms in total. The van der Waals surface area contributed by atoms with Crippen LogP contribution in [0.5, 0.6) is 0 Å². The summed E-state index contributed by atoms with van der Waals surface area (Å²) in [6.07, 6.45) is 2.65. The monoisotopic (exact) mass is 321 g/mol. The minimum atomic E-state index is -3.50. The molecule has 0 aliphatic heterocycles. The predicted molar refractivity (Wildman–Crippen MR) is 82.1 cm³/mol. The van der Waals surface area contributed by atoms with E-state index in [1.165, 1.54) is 11.3 Å². The summed E-state index contributed by atoms with van der Waals surface area (Å²) in [6.45, 7) is 2.21. The van der Waals surface area contributed by atoms with Gasteiger partial charge in [0.15, 0.2) is 0 Å². The van der Waals surface area contributed by atoms with Crippen molar-refractivity contribution in [3.8, 4) is 6.07 Å². The minimum absolute atomic E-state index is 0.182. The number of hydrogen-bond donors (Lipinski definition) is 1. The Kier molecular flexibility index (Phi) is 5.07. The van der Waals surface area contributed by atoms with E-state index in [0.29, 0.717) is 11.1 Å². The Hall–Kier alpha value is -1.75. The second kappa shape index (κ2) is 6.80. The van der Waals surface area contributed by atoms with Crippen LogP contribution >= 0.6 is 11.3 Å². The Morgan fingerprint density at radius 1 is 1.38 bits per heavy atom. The van der Waals surface area contributed by atoms with E-state index in [2.05, 4.69) is 9.71 Å². The van der Waals surface area contributed by atoms with Crippen molar-refractivity contribution in [2.75, 3.05) is 0 Å². The first kappa shape index (κ1) is 15.6. The number of nitriles is 1. The summed E-state index contributed by atoms with van der Waals surface area (Å²) in [5, 5.41) is 9.72. The summed E-state index contributed by atoms with van der Waals surface area (Å²) in [5.41, 5.74) is 0.881. The molecular formula is C14H15N3O2S2. The van der Waals surface area contributed by atoms with E-state index in [0.717, 1.165) is 16.3 Å². The molecule has 0 amide bonds. The van der Waals surface area contributed by atoms with Crippen molar-refractivity contribution in [1.82, 2.24) is 9.71 Å². The second-order valence-corrected chi connectivity index (χ2v) is 7.43. The number of sulfonamides is 1. The van der Waals surface area contributed by atoms with Gasteiger partial charge in [-0.3, -0.25) is 0 Å². The number of aromatic nitrogens is 1. The van der Waals surface area contributed by atoms with E-state index >= 15 is 0 Å². The van der Waals surface area contributed by atoms with Gasteiger partial charge in [0.1, 0.15) is 5.01 Å². The zero-order valence-electron chi connectivity index (χ0n) is 11.5. The van der Waals surface area contributed by atoms with E-state index < -0.39 is 10.0 Å². The maximum atomic E-state index is 12.1. The van der Waals surface area contributed by atoms with Gasteiger partial charge < -0.3 is 0 Å². The molecule has 1 aromatic heterocycles. The lowest BCUT2D eigenvalue weighted by Crippen LogP contribution is -2.25. The lowest BCUT2D eigenvalue weighted by molar-refractivity contribution is 0.580. The largest absolute Gasteiger partial charge is 0.248 e. The van der Waals surface area contributed by atoms with E-state index in [1.54, 1.807) is 30.5 Å². The van der Waals surface area contributed by atoms with E-state index in [-0.39, 0.29) is 12.3 Å². The maximum absolute atomic E-state index is 12.1. The van der Waals surface area contributed by atoms with Gasteiger partial charge in [-0.05, 0) is 18.1 Å². The first-order valence-corrected chi connectivity index (χ1v) is 8.90. The van der Waals surface area contributed by atoms with Crippen LogP contribution in [0.15, 0.2) is 30.5 Å². The predicted octanol–water partition coefficient (Wildman–Crippen LogP) is 2.20. The van der Waals surface area contributed by atoms with Crippen molar-refractivity contribution in [1.29, 1.82) is 5.26 Å². The lowest BCUT2D eigenvalue weighted by Gasteiger charge is -2.06. The van der Waals surface area contributed by atoms with Crippen LogP contribution in [0, 0.1) is 11.3 Å². The molecule has 0 radical (unpaired) electrons. The molecule has 1 N–H and O–H groups in total. The highest BCUT2D eigenvalue weighted by Crippen LogP contribution is 2.14. The van der Waals surface area contributed by atoms with E-state index in [1.807, 2.05) is 13.0 Å². The highest BCUT2D eigenvalue weighted by Gasteiger charge is 2.14. The quantitative estimate of drug-likeness (QED) is 0.884. The van der Waals surface area contributed by atoms with Crippen LogP contribution in [0.2, 0.25) is 0 Å². The third-order valence-corrected chi connectivity index (χ3v) is 5.29. The summed E-state index contributed by atoms with van der Waals surface area (Å²) in [4.78, 5) is 5.29. The average molecular weight is 321 g/mol. The van der Waals surface area contributed by atoms with Crippen molar-refractivity contribution < 1.29 is 8.42 Å². The fourth-order valence-electron chi connectivity index (χ4n) is 1.78. The number of aryl methyl sites for hydroxylation is 1. The van der Waals surface area contributed by atoms with Crippen LogP contribution in [0.3, 0.4) is 0 Å². The Labute approximate surface area is 128 Å². The molecule has 0 aliphatic carbocycles. The van der Waals surface area contributed by atoms with Crippen LogP contribution in [0.4, 0.5) is 0 Å². The van der Waals surface area contributed by atoms with E-state index in [4.69, 9.17) is 5.26 Å². The molecule has 1 aromatic carbocycles. The van der Waals surface area contributed by atoms with Gasteiger partial charge in [0.2, 0.25) is 10.0 Å². The molecule has 0 atom stereocenters. The van der Waals surface area contributed by atoms with E-state index in [9.17, 15) is 8.42 Å². The Morgan fingerprint density at radius 2 is 2.14 bits per heavy atom. The molecule has 0 spiro atoms. The Bertz CT molecular complexity index is 761. The summed E-state index contributed by atoms with van der Waals surface area (Å²) >= 11 is 1.50. The molecule has 0 aliphatic rings. The lowest BCUT2D eigenvalue weighted by atomic mass is 10.1. The summed E-state index contributed by atoms with van der Waals surface area (Å²) in [5.74, 6) is -0.206. The minimum Gasteiger partial charge on any atom is -0.248 e. The van der Waals surface area contributed by atoms with Gasteiger partial charge in [-0.25, -0.2) is 18.1 Å². The molecule has 2 rings (SSSR count). The first-order chi connectivity index (χ1) is 10.0. The number of hydrogen-bond acceptors (Lipinski definition) is 5. The summed E-state index contributed by atoms with van der Waals surface area (Å²) < 4.78 is 26.7. The standard InChI is InChI=1S/C14H15N3O2S2/c1-2-13-8-16-14(20-13)9-17-21(18,19)10-12-6-4-3-5-11(12)7-15/h3-6,8,17H,2,9-10H2,1H3. The van der Waals surface area contributed by atoms with Crippen LogP contribution < -0.4 is 4.72 Å². The topological polar surface area (TPSA) is 82.8 Å². The summed E-state index contributed by atoms with van der Waals surface area (Å²) in [7, 11) is -3.50. The van der Waals surface area contributed by atoms with Gasteiger partial charge in [0, 0.05) is 11.1 Å². The first-order valence-electron chi connectivity index (χ1n) is 6.43. The van der Waals surface area contributed by atoms with Crippen LogP contribution in [-0.4, -0.2) is 13.4 Å². The zero-order chi connectivity index (χ0) is 15.3. The fraction of sp³-hybridized carbons (Fsp3) is 0.286. The number of nitrogens with zero attached hydrogens (tertiary/aromatic N) is 2. The van der Waals surface area contributed by atoms with Crippen molar-refractivity contribution in [3.63, 3.8) is 0 Å². The highest BCUT2D eigenvalue weighted by atomic mass is 32.2. The molecule has 0 bridgehead atoms. The normalized spacial score (nSPS) is 11.2. The molecular weight excluding hydrogens is 306 g/mol. The van der Waals surface area contributed by atoms with Crippen LogP contribution in [0.25, 0.3) is 0 Å². The smallest absolute Gasteiger partial charge is 0.216 e. The third-order valence-electron chi connectivity index (χ3n) is 2.88. The zero-order valence-corrected chi connectivity index (χ0v) is 13.2. The number of nitrogens with one attached hydrogen (secondary N) is 1. The third kappa shape index (κ3) is 4.36.